The van der Waals surface area contributed by atoms with Gasteiger partial charge in [0, 0.05) is 29.9 Å². The second-order valence-electron chi connectivity index (χ2n) is 7.61. The van der Waals surface area contributed by atoms with Crippen LogP contribution in [-0.4, -0.2) is 27.8 Å². The molecule has 1 aliphatic rings. The first-order valence-electron chi connectivity index (χ1n) is 9.29. The number of nitrogens with zero attached hydrogens (tertiary/aromatic N) is 3. The van der Waals surface area contributed by atoms with Crippen molar-refractivity contribution in [1.29, 1.82) is 0 Å². The highest BCUT2D eigenvalue weighted by molar-refractivity contribution is 5.98. The number of Topliss-reactive ketones (excluding diaryl/α,β-unsaturated/α-hetero) is 1. The summed E-state index contributed by atoms with van der Waals surface area (Å²) in [6.07, 6.45) is 5.73. The van der Waals surface area contributed by atoms with E-state index in [0.29, 0.717) is 23.9 Å². The normalized spacial score (nSPS) is 14.1. The third-order valence-electron chi connectivity index (χ3n) is 4.97. The maximum absolute atomic E-state index is 12.0. The molecule has 3 N–H and O–H groups in total. The molecule has 3 aromatic rings. The van der Waals surface area contributed by atoms with E-state index >= 15 is 0 Å². The van der Waals surface area contributed by atoms with E-state index in [-0.39, 0.29) is 5.78 Å². The lowest BCUT2D eigenvalue weighted by Gasteiger charge is -2.22. The Labute approximate surface area is 163 Å². The van der Waals surface area contributed by atoms with Crippen molar-refractivity contribution in [2.75, 3.05) is 12.4 Å². The molecule has 28 heavy (non-hydrogen) atoms. The summed E-state index contributed by atoms with van der Waals surface area (Å²) in [5.74, 6) is 1.97. The number of fused-ring (bicyclic) bond motifs is 2. The summed E-state index contributed by atoms with van der Waals surface area (Å²) in [4.78, 5) is 25.4. The van der Waals surface area contributed by atoms with Crippen LogP contribution in [0.1, 0.15) is 48.3 Å². The lowest BCUT2D eigenvalue weighted by atomic mass is 9.93. The van der Waals surface area contributed by atoms with E-state index in [1.165, 1.54) is 0 Å². The maximum Gasteiger partial charge on any atom is 0.222 e. The zero-order valence-electron chi connectivity index (χ0n) is 16.2. The fraction of sp³-hybridized carbons (Fsp3) is 0.333. The number of carbonyl (C=O) groups excluding carboxylic acids is 1. The van der Waals surface area contributed by atoms with Gasteiger partial charge in [0.1, 0.15) is 11.6 Å². The minimum atomic E-state index is -0.569. The van der Waals surface area contributed by atoms with Gasteiger partial charge in [0.05, 0.1) is 18.2 Å². The fourth-order valence-corrected chi connectivity index (χ4v) is 3.55. The molecule has 0 amide bonds. The second kappa shape index (κ2) is 6.83. The maximum atomic E-state index is 12.0. The van der Waals surface area contributed by atoms with Crippen LogP contribution in [0.15, 0.2) is 30.6 Å². The predicted molar refractivity (Wildman–Crippen MR) is 108 cm³/mol. The van der Waals surface area contributed by atoms with Gasteiger partial charge >= 0.3 is 0 Å². The molecule has 1 aliphatic carbocycles. The van der Waals surface area contributed by atoms with Gasteiger partial charge in [-0.05, 0) is 55.8 Å². The number of carbonyl (C=O) groups is 1. The molecule has 0 bridgehead atoms. The number of ether oxygens (including phenoxy) is 1. The van der Waals surface area contributed by atoms with Gasteiger partial charge in [-0.2, -0.15) is 0 Å². The second-order valence-corrected chi connectivity index (χ2v) is 7.61. The first-order valence-corrected chi connectivity index (χ1v) is 9.29. The van der Waals surface area contributed by atoms with Gasteiger partial charge in [0.25, 0.3) is 0 Å². The molecule has 144 valence electrons. The molecule has 0 spiro atoms. The highest BCUT2D eigenvalue weighted by atomic mass is 16.5. The highest BCUT2D eigenvalue weighted by Gasteiger charge is 2.21. The van der Waals surface area contributed by atoms with Crippen molar-refractivity contribution in [3.63, 3.8) is 0 Å². The van der Waals surface area contributed by atoms with Crippen LogP contribution < -0.4 is 15.8 Å². The number of hydrogen-bond acceptors (Lipinski definition) is 7. The van der Waals surface area contributed by atoms with E-state index in [9.17, 15) is 4.79 Å². The zero-order valence-corrected chi connectivity index (χ0v) is 16.2. The Balaban J connectivity index is 1.75. The van der Waals surface area contributed by atoms with E-state index in [1.807, 2.05) is 32.0 Å². The predicted octanol–water partition coefficient (Wildman–Crippen LogP) is 3.49. The minimum absolute atomic E-state index is 0.165. The molecule has 0 fully saturated rings. The zero-order chi connectivity index (χ0) is 19.9. The molecule has 7 heteroatoms. The Kier molecular flexibility index (Phi) is 4.47. The largest absolute Gasteiger partial charge is 0.481 e. The van der Waals surface area contributed by atoms with Crippen molar-refractivity contribution in [2.24, 2.45) is 5.73 Å². The SMILES string of the molecule is COc1ncc(C(C)(C)N)c2cc(Nc3ccc4c(n3)CCCC4=O)ncc12. The standard InChI is InChI=1S/C21H23N5O2/c1-21(2,22)15-11-24-20(28-3)14-10-23-19(9-13(14)15)26-18-8-7-12-16(25-18)5-4-6-17(12)27/h7-11H,4-6,22H2,1-3H3,(H,23,25,26). The van der Waals surface area contributed by atoms with Crippen LogP contribution in [0, 0.1) is 0 Å². The van der Waals surface area contributed by atoms with Crippen LogP contribution in [0.4, 0.5) is 11.6 Å². The van der Waals surface area contributed by atoms with Crippen molar-refractivity contribution in [3.05, 3.63) is 47.4 Å². The van der Waals surface area contributed by atoms with Gasteiger partial charge < -0.3 is 15.8 Å². The number of pyridine rings is 3. The van der Waals surface area contributed by atoms with Crippen molar-refractivity contribution in [1.82, 2.24) is 15.0 Å². The number of anilines is 2. The van der Waals surface area contributed by atoms with Crippen molar-refractivity contribution in [3.8, 4) is 5.88 Å². The van der Waals surface area contributed by atoms with Gasteiger partial charge in [0.15, 0.2) is 5.78 Å². The third kappa shape index (κ3) is 3.29. The topological polar surface area (TPSA) is 103 Å². The summed E-state index contributed by atoms with van der Waals surface area (Å²) in [7, 11) is 1.58. The lowest BCUT2D eigenvalue weighted by Crippen LogP contribution is -2.29. The lowest BCUT2D eigenvalue weighted by molar-refractivity contribution is 0.0971. The molecule has 0 unspecified atom stereocenters. The molecule has 7 nitrogen and oxygen atoms in total. The van der Waals surface area contributed by atoms with E-state index in [0.717, 1.165) is 40.4 Å². The smallest absolute Gasteiger partial charge is 0.222 e. The fourth-order valence-electron chi connectivity index (χ4n) is 3.55. The van der Waals surface area contributed by atoms with Gasteiger partial charge in [-0.15, -0.1) is 0 Å². The molecule has 4 rings (SSSR count). The average Bonchev–Trinajstić information content (AvgIpc) is 2.66. The number of hydrogen-bond donors (Lipinski definition) is 2. The number of aryl methyl sites for hydroxylation is 1. The molecule has 3 heterocycles. The third-order valence-corrected chi connectivity index (χ3v) is 4.97. The van der Waals surface area contributed by atoms with Crippen LogP contribution >= 0.6 is 0 Å². The molecule has 0 saturated carbocycles. The molecular weight excluding hydrogens is 354 g/mol. The van der Waals surface area contributed by atoms with E-state index in [1.54, 1.807) is 19.5 Å². The number of methoxy groups -OCH3 is 1. The Bertz CT molecular complexity index is 1070. The quantitative estimate of drug-likeness (QED) is 0.717. The number of rotatable bonds is 4. The van der Waals surface area contributed by atoms with Crippen molar-refractivity contribution in [2.45, 2.75) is 38.6 Å². The van der Waals surface area contributed by atoms with Crippen LogP contribution in [0.2, 0.25) is 0 Å². The first-order chi connectivity index (χ1) is 13.4. The van der Waals surface area contributed by atoms with Crippen LogP contribution in [0.5, 0.6) is 5.88 Å². The van der Waals surface area contributed by atoms with Crippen LogP contribution in [0.25, 0.3) is 10.8 Å². The Morgan fingerprint density at radius 3 is 2.68 bits per heavy atom. The number of nitrogens with two attached hydrogens (primary N) is 1. The van der Waals surface area contributed by atoms with Crippen molar-refractivity contribution < 1.29 is 9.53 Å². The van der Waals surface area contributed by atoms with E-state index in [2.05, 4.69) is 20.3 Å². The summed E-state index contributed by atoms with van der Waals surface area (Å²) >= 11 is 0. The molecule has 0 aromatic carbocycles. The Hall–Kier alpha value is -3.06. The average molecular weight is 377 g/mol. The molecular formula is C21H23N5O2. The van der Waals surface area contributed by atoms with Gasteiger partial charge in [-0.1, -0.05) is 0 Å². The number of nitrogens with one attached hydrogen (secondary N) is 1. The summed E-state index contributed by atoms with van der Waals surface area (Å²) in [5, 5.41) is 4.96. The van der Waals surface area contributed by atoms with Gasteiger partial charge in [-0.25, -0.2) is 15.0 Å². The molecule has 0 atom stereocenters. The summed E-state index contributed by atoms with van der Waals surface area (Å²) in [6.45, 7) is 3.87. The Morgan fingerprint density at radius 1 is 1.11 bits per heavy atom. The van der Waals surface area contributed by atoms with Crippen molar-refractivity contribution >= 4 is 28.2 Å². The van der Waals surface area contributed by atoms with E-state index < -0.39 is 5.54 Å². The van der Waals surface area contributed by atoms with Crippen LogP contribution in [-0.2, 0) is 12.0 Å². The summed E-state index contributed by atoms with van der Waals surface area (Å²) < 4.78 is 5.37. The molecule has 0 radical (unpaired) electrons. The Morgan fingerprint density at radius 2 is 1.93 bits per heavy atom. The number of ketones is 1. The van der Waals surface area contributed by atoms with Gasteiger partial charge in [-0.3, -0.25) is 4.79 Å². The number of aromatic nitrogens is 3. The molecule has 0 saturated heterocycles. The first kappa shape index (κ1) is 18.3. The minimum Gasteiger partial charge on any atom is -0.481 e. The molecule has 3 aromatic heterocycles. The highest BCUT2D eigenvalue weighted by Crippen LogP contribution is 2.32. The monoisotopic (exact) mass is 377 g/mol. The summed E-state index contributed by atoms with van der Waals surface area (Å²) in [6, 6.07) is 5.58. The van der Waals surface area contributed by atoms with Gasteiger partial charge in [0.2, 0.25) is 5.88 Å². The molecule has 0 aliphatic heterocycles. The summed E-state index contributed by atoms with van der Waals surface area (Å²) in [5.41, 5.74) is 8.24. The van der Waals surface area contributed by atoms with E-state index in [4.69, 9.17) is 10.5 Å². The van der Waals surface area contributed by atoms with Crippen LogP contribution in [0.3, 0.4) is 0 Å².